The van der Waals surface area contributed by atoms with Crippen molar-refractivity contribution in [2.45, 2.75) is 58.6 Å². The first-order valence-electron chi connectivity index (χ1n) is 7.60. The third-order valence-corrected chi connectivity index (χ3v) is 4.26. The SMILES string of the molecule is CCCNC(c1c(Cl)cnn1C)C(CC)(CC)OCC. The number of aromatic nitrogens is 2. The van der Waals surface area contributed by atoms with Crippen LogP contribution in [0.4, 0.5) is 0 Å². The van der Waals surface area contributed by atoms with E-state index in [1.165, 1.54) is 0 Å². The van der Waals surface area contributed by atoms with E-state index in [4.69, 9.17) is 16.3 Å². The number of ether oxygens (including phenoxy) is 1. The summed E-state index contributed by atoms with van der Waals surface area (Å²) in [6, 6.07) is 0.0531. The second-order valence-electron chi connectivity index (χ2n) is 5.09. The van der Waals surface area contributed by atoms with E-state index in [0.29, 0.717) is 11.6 Å². The highest BCUT2D eigenvalue weighted by molar-refractivity contribution is 6.31. The highest BCUT2D eigenvalue weighted by Crippen LogP contribution is 2.38. The van der Waals surface area contributed by atoms with Gasteiger partial charge in [0.05, 0.1) is 28.6 Å². The Hall–Kier alpha value is -0.580. The molecule has 20 heavy (non-hydrogen) atoms. The maximum atomic E-state index is 6.36. The lowest BCUT2D eigenvalue weighted by Gasteiger charge is -2.40. The third-order valence-electron chi connectivity index (χ3n) is 3.96. The van der Waals surface area contributed by atoms with Gasteiger partial charge in [0, 0.05) is 13.7 Å². The number of halogens is 1. The average molecular weight is 302 g/mol. The molecular formula is C15H28ClN3O. The van der Waals surface area contributed by atoms with Gasteiger partial charge in [0.2, 0.25) is 0 Å². The van der Waals surface area contributed by atoms with Gasteiger partial charge in [0.25, 0.3) is 0 Å². The first-order valence-corrected chi connectivity index (χ1v) is 7.98. The maximum Gasteiger partial charge on any atom is 0.0886 e. The van der Waals surface area contributed by atoms with E-state index in [9.17, 15) is 0 Å². The highest BCUT2D eigenvalue weighted by atomic mass is 35.5. The number of rotatable bonds is 9. The molecule has 1 N–H and O–H groups in total. The quantitative estimate of drug-likeness (QED) is 0.756. The first-order chi connectivity index (χ1) is 9.56. The predicted octanol–water partition coefficient (Wildman–Crippen LogP) is 3.71. The summed E-state index contributed by atoms with van der Waals surface area (Å²) >= 11 is 6.36. The molecule has 0 aliphatic heterocycles. The molecule has 0 fully saturated rings. The van der Waals surface area contributed by atoms with Crippen molar-refractivity contribution >= 4 is 11.6 Å². The Balaban J connectivity index is 3.22. The van der Waals surface area contributed by atoms with Gasteiger partial charge < -0.3 is 10.1 Å². The van der Waals surface area contributed by atoms with Gasteiger partial charge in [0.1, 0.15) is 0 Å². The Morgan fingerprint density at radius 2 is 2.00 bits per heavy atom. The molecule has 0 aliphatic carbocycles. The van der Waals surface area contributed by atoms with Crippen LogP contribution in [0.15, 0.2) is 6.20 Å². The number of nitrogens with zero attached hydrogens (tertiary/aromatic N) is 2. The summed E-state index contributed by atoms with van der Waals surface area (Å²) in [5, 5.41) is 8.59. The summed E-state index contributed by atoms with van der Waals surface area (Å²) in [5.41, 5.74) is 0.763. The smallest absolute Gasteiger partial charge is 0.0886 e. The zero-order valence-electron chi connectivity index (χ0n) is 13.4. The van der Waals surface area contributed by atoms with E-state index in [1.807, 2.05) is 18.7 Å². The minimum absolute atomic E-state index is 0.0531. The lowest BCUT2D eigenvalue weighted by atomic mass is 9.85. The Morgan fingerprint density at radius 3 is 2.40 bits per heavy atom. The van der Waals surface area contributed by atoms with Gasteiger partial charge in [-0.3, -0.25) is 4.68 Å². The van der Waals surface area contributed by atoms with Crippen molar-refractivity contribution < 1.29 is 4.74 Å². The van der Waals surface area contributed by atoms with Crippen LogP contribution in [0, 0.1) is 0 Å². The zero-order valence-corrected chi connectivity index (χ0v) is 14.1. The normalized spacial score (nSPS) is 13.7. The molecule has 0 aliphatic rings. The molecule has 1 heterocycles. The molecule has 0 saturated carbocycles. The molecule has 1 rings (SSSR count). The number of aryl methyl sites for hydroxylation is 1. The molecule has 0 bridgehead atoms. The fourth-order valence-electron chi connectivity index (χ4n) is 2.80. The molecule has 0 aromatic carbocycles. The molecule has 1 atom stereocenters. The third kappa shape index (κ3) is 3.54. The van der Waals surface area contributed by atoms with E-state index in [1.54, 1.807) is 6.20 Å². The summed E-state index contributed by atoms with van der Waals surface area (Å²) in [4.78, 5) is 0. The van der Waals surface area contributed by atoms with E-state index in [0.717, 1.165) is 31.5 Å². The van der Waals surface area contributed by atoms with Crippen LogP contribution in [-0.4, -0.2) is 28.5 Å². The minimum atomic E-state index is -0.249. The maximum absolute atomic E-state index is 6.36. The average Bonchev–Trinajstić information content (AvgIpc) is 2.78. The van der Waals surface area contributed by atoms with Crippen molar-refractivity contribution in [3.63, 3.8) is 0 Å². The number of hydrogen-bond acceptors (Lipinski definition) is 3. The minimum Gasteiger partial charge on any atom is -0.373 e. The predicted molar refractivity (Wildman–Crippen MR) is 84.2 cm³/mol. The highest BCUT2D eigenvalue weighted by Gasteiger charge is 2.39. The van der Waals surface area contributed by atoms with Gasteiger partial charge in [-0.25, -0.2) is 0 Å². The Bertz CT molecular complexity index is 382. The van der Waals surface area contributed by atoms with Gasteiger partial charge in [-0.05, 0) is 32.7 Å². The Labute approximate surface area is 127 Å². The van der Waals surface area contributed by atoms with E-state index < -0.39 is 0 Å². The van der Waals surface area contributed by atoms with Crippen LogP contribution in [0.25, 0.3) is 0 Å². The van der Waals surface area contributed by atoms with Crippen molar-refractivity contribution in [3.8, 4) is 0 Å². The van der Waals surface area contributed by atoms with Crippen molar-refractivity contribution in [1.29, 1.82) is 0 Å². The van der Waals surface area contributed by atoms with Crippen LogP contribution in [0.5, 0.6) is 0 Å². The van der Waals surface area contributed by atoms with Gasteiger partial charge >= 0.3 is 0 Å². The summed E-state index contributed by atoms with van der Waals surface area (Å²) in [6.07, 6.45) is 4.64. The van der Waals surface area contributed by atoms with Crippen molar-refractivity contribution in [2.75, 3.05) is 13.2 Å². The number of nitrogens with one attached hydrogen (secondary N) is 1. The molecule has 0 amide bonds. The zero-order chi connectivity index (χ0) is 15.2. The summed E-state index contributed by atoms with van der Waals surface area (Å²) in [7, 11) is 1.93. The molecular weight excluding hydrogens is 274 g/mol. The summed E-state index contributed by atoms with van der Waals surface area (Å²) < 4.78 is 8.01. The molecule has 1 aromatic rings. The second-order valence-corrected chi connectivity index (χ2v) is 5.50. The molecule has 5 heteroatoms. The van der Waals surface area contributed by atoms with Crippen LogP contribution < -0.4 is 5.32 Å². The van der Waals surface area contributed by atoms with E-state index >= 15 is 0 Å². The van der Waals surface area contributed by atoms with Gasteiger partial charge in [-0.1, -0.05) is 32.4 Å². The molecule has 4 nitrogen and oxygen atoms in total. The molecule has 1 unspecified atom stereocenters. The van der Waals surface area contributed by atoms with Gasteiger partial charge in [-0.15, -0.1) is 0 Å². The lowest BCUT2D eigenvalue weighted by molar-refractivity contribution is -0.0749. The fourth-order valence-corrected chi connectivity index (χ4v) is 3.07. The van der Waals surface area contributed by atoms with Crippen molar-refractivity contribution in [3.05, 3.63) is 16.9 Å². The second kappa shape index (κ2) is 8.01. The summed E-state index contributed by atoms with van der Waals surface area (Å²) in [5.74, 6) is 0. The van der Waals surface area contributed by atoms with Crippen LogP contribution >= 0.6 is 11.6 Å². The van der Waals surface area contributed by atoms with Crippen LogP contribution in [-0.2, 0) is 11.8 Å². The molecule has 0 saturated heterocycles. The molecule has 0 spiro atoms. The molecule has 1 aromatic heterocycles. The molecule has 116 valence electrons. The lowest BCUT2D eigenvalue weighted by Crippen LogP contribution is -2.46. The summed E-state index contributed by atoms with van der Waals surface area (Å²) in [6.45, 7) is 10.2. The molecule has 0 radical (unpaired) electrons. The van der Waals surface area contributed by atoms with E-state index in [-0.39, 0.29) is 11.6 Å². The van der Waals surface area contributed by atoms with Crippen molar-refractivity contribution in [2.24, 2.45) is 7.05 Å². The standard InChI is InChI=1S/C15H28ClN3O/c1-6-10-17-14(13-12(16)11-18-19(13)5)15(7-2,8-3)20-9-4/h11,14,17H,6-10H2,1-5H3. The van der Waals surface area contributed by atoms with Gasteiger partial charge in [0.15, 0.2) is 0 Å². The van der Waals surface area contributed by atoms with Crippen LogP contribution in [0.3, 0.4) is 0 Å². The van der Waals surface area contributed by atoms with Crippen LogP contribution in [0.1, 0.15) is 58.7 Å². The number of hydrogen-bond donors (Lipinski definition) is 1. The van der Waals surface area contributed by atoms with Crippen LogP contribution in [0.2, 0.25) is 5.02 Å². The largest absolute Gasteiger partial charge is 0.373 e. The van der Waals surface area contributed by atoms with Crippen molar-refractivity contribution in [1.82, 2.24) is 15.1 Å². The van der Waals surface area contributed by atoms with Gasteiger partial charge in [-0.2, -0.15) is 5.10 Å². The van der Waals surface area contributed by atoms with E-state index in [2.05, 4.69) is 31.2 Å². The Kier molecular flexibility index (Phi) is 7.00. The Morgan fingerprint density at radius 1 is 1.35 bits per heavy atom. The first kappa shape index (κ1) is 17.5. The monoisotopic (exact) mass is 301 g/mol. The topological polar surface area (TPSA) is 39.1 Å². The fraction of sp³-hybridized carbons (Fsp3) is 0.800.